The molecule has 0 aliphatic carbocycles. The third-order valence-corrected chi connectivity index (χ3v) is 3.57. The molecular weight excluding hydrogens is 280 g/mol. The van der Waals surface area contributed by atoms with Crippen LogP contribution in [0.3, 0.4) is 0 Å². The zero-order valence-electron chi connectivity index (χ0n) is 13.5. The van der Waals surface area contributed by atoms with Crippen molar-refractivity contribution in [3.8, 4) is 0 Å². The number of benzene rings is 1. The highest BCUT2D eigenvalue weighted by atomic mass is 16.7. The van der Waals surface area contributed by atoms with E-state index in [1.165, 1.54) is 19.8 Å². The summed E-state index contributed by atoms with van der Waals surface area (Å²) in [6.07, 6.45) is 6.25. The van der Waals surface area contributed by atoms with E-state index in [4.69, 9.17) is 4.74 Å². The van der Waals surface area contributed by atoms with Crippen molar-refractivity contribution in [1.82, 2.24) is 0 Å². The van der Waals surface area contributed by atoms with Crippen molar-refractivity contribution in [2.75, 3.05) is 0 Å². The maximum absolute atomic E-state index is 12.4. The smallest absolute Gasteiger partial charge is 0.305 e. The Balaban J connectivity index is 2.65. The van der Waals surface area contributed by atoms with Gasteiger partial charge in [0.1, 0.15) is 0 Å². The minimum atomic E-state index is -2.06. The molecule has 1 aromatic rings. The van der Waals surface area contributed by atoms with Gasteiger partial charge in [-0.05, 0) is 6.42 Å². The molecule has 122 valence electrons. The Bertz CT molecular complexity index is 469. The predicted octanol–water partition coefficient (Wildman–Crippen LogP) is 3.87. The first kappa shape index (κ1) is 18.4. The van der Waals surface area contributed by atoms with E-state index in [0.717, 1.165) is 19.3 Å². The molecule has 4 heteroatoms. The van der Waals surface area contributed by atoms with Crippen molar-refractivity contribution in [3.05, 3.63) is 35.9 Å². The predicted molar refractivity (Wildman–Crippen MR) is 85.5 cm³/mol. The van der Waals surface area contributed by atoms with Crippen molar-refractivity contribution >= 4 is 11.8 Å². The van der Waals surface area contributed by atoms with Crippen LogP contribution in [0.2, 0.25) is 0 Å². The molecule has 0 spiro atoms. The number of carbonyl (C=O) groups is 2. The first-order chi connectivity index (χ1) is 10.5. The molecule has 1 atom stereocenters. The Morgan fingerprint density at radius 2 is 1.64 bits per heavy atom. The van der Waals surface area contributed by atoms with Crippen LogP contribution in [0.4, 0.5) is 0 Å². The molecule has 4 nitrogen and oxygen atoms in total. The summed E-state index contributed by atoms with van der Waals surface area (Å²) in [6, 6.07) is 8.43. The number of ether oxygens (including phenoxy) is 1. The molecule has 0 aliphatic heterocycles. The van der Waals surface area contributed by atoms with E-state index in [1.54, 1.807) is 30.3 Å². The largest absolute Gasteiger partial charge is 0.425 e. The van der Waals surface area contributed by atoms with Gasteiger partial charge < -0.3 is 9.84 Å². The molecule has 0 radical (unpaired) electrons. The van der Waals surface area contributed by atoms with Crippen molar-refractivity contribution in [2.45, 2.75) is 64.6 Å². The first-order valence-corrected chi connectivity index (χ1v) is 8.01. The Hall–Kier alpha value is -1.68. The third kappa shape index (κ3) is 5.98. The van der Waals surface area contributed by atoms with E-state index in [9.17, 15) is 14.7 Å². The summed E-state index contributed by atoms with van der Waals surface area (Å²) >= 11 is 0. The van der Waals surface area contributed by atoms with Crippen LogP contribution in [-0.2, 0) is 9.53 Å². The number of hydrogen-bond acceptors (Lipinski definition) is 4. The SMILES string of the molecule is CCCCCCCCC(O)(OC(C)=O)C(=O)c1ccccc1. The molecule has 1 unspecified atom stereocenters. The molecule has 0 aromatic heterocycles. The molecule has 0 fully saturated rings. The molecule has 0 saturated carbocycles. The molecule has 0 heterocycles. The van der Waals surface area contributed by atoms with Gasteiger partial charge in [0.25, 0.3) is 5.79 Å². The molecule has 1 rings (SSSR count). The molecule has 0 saturated heterocycles. The van der Waals surface area contributed by atoms with E-state index < -0.39 is 17.5 Å². The molecule has 0 bridgehead atoms. The zero-order valence-corrected chi connectivity index (χ0v) is 13.5. The van der Waals surface area contributed by atoms with E-state index in [-0.39, 0.29) is 6.42 Å². The summed E-state index contributed by atoms with van der Waals surface area (Å²) < 4.78 is 4.95. The van der Waals surface area contributed by atoms with Crippen molar-refractivity contribution in [3.63, 3.8) is 0 Å². The van der Waals surface area contributed by atoms with Crippen LogP contribution in [0.1, 0.15) is 69.2 Å². The second-order valence-corrected chi connectivity index (χ2v) is 5.59. The molecule has 1 aromatic carbocycles. The van der Waals surface area contributed by atoms with Crippen LogP contribution in [0.5, 0.6) is 0 Å². The average molecular weight is 306 g/mol. The summed E-state index contributed by atoms with van der Waals surface area (Å²) in [5.74, 6) is -3.27. The van der Waals surface area contributed by atoms with Crippen molar-refractivity contribution in [2.24, 2.45) is 0 Å². The van der Waals surface area contributed by atoms with Crippen molar-refractivity contribution < 1.29 is 19.4 Å². The molecular formula is C18H26O4. The normalized spacial score (nSPS) is 13.4. The van der Waals surface area contributed by atoms with Gasteiger partial charge in [-0.2, -0.15) is 0 Å². The summed E-state index contributed by atoms with van der Waals surface area (Å²) in [5, 5.41) is 10.5. The summed E-state index contributed by atoms with van der Waals surface area (Å²) in [7, 11) is 0. The van der Waals surface area contributed by atoms with Gasteiger partial charge in [-0.3, -0.25) is 9.59 Å². The summed E-state index contributed by atoms with van der Waals surface area (Å²) in [4.78, 5) is 23.7. The number of esters is 1. The van der Waals surface area contributed by atoms with E-state index in [1.807, 2.05) is 0 Å². The fraction of sp³-hybridized carbons (Fsp3) is 0.556. The quantitative estimate of drug-likeness (QED) is 0.308. The lowest BCUT2D eigenvalue weighted by Crippen LogP contribution is -2.43. The maximum Gasteiger partial charge on any atom is 0.305 e. The molecule has 0 aliphatic rings. The Morgan fingerprint density at radius 3 is 2.23 bits per heavy atom. The summed E-state index contributed by atoms with van der Waals surface area (Å²) in [6.45, 7) is 3.35. The van der Waals surface area contributed by atoms with Gasteiger partial charge in [0.2, 0.25) is 5.78 Å². The van der Waals surface area contributed by atoms with Crippen LogP contribution in [0, 0.1) is 0 Å². The first-order valence-electron chi connectivity index (χ1n) is 8.01. The van der Waals surface area contributed by atoms with Crippen LogP contribution >= 0.6 is 0 Å². The minimum Gasteiger partial charge on any atom is -0.425 e. The van der Waals surface area contributed by atoms with Crippen molar-refractivity contribution in [1.29, 1.82) is 0 Å². The summed E-state index contributed by atoms with van der Waals surface area (Å²) in [5.41, 5.74) is 0.345. The maximum atomic E-state index is 12.4. The highest BCUT2D eigenvalue weighted by Crippen LogP contribution is 2.23. The Labute approximate surface area is 132 Å². The number of unbranched alkanes of at least 4 members (excludes halogenated alkanes) is 5. The zero-order chi connectivity index (χ0) is 16.4. The van der Waals surface area contributed by atoms with Gasteiger partial charge in [0.15, 0.2) is 0 Å². The lowest BCUT2D eigenvalue weighted by atomic mass is 9.97. The molecule has 22 heavy (non-hydrogen) atoms. The topological polar surface area (TPSA) is 63.6 Å². The molecule has 1 N–H and O–H groups in total. The van der Waals surface area contributed by atoms with Gasteiger partial charge in [-0.15, -0.1) is 0 Å². The Kier molecular flexibility index (Phi) is 7.82. The monoisotopic (exact) mass is 306 g/mol. The van der Waals surface area contributed by atoms with Crippen LogP contribution in [-0.4, -0.2) is 22.6 Å². The second-order valence-electron chi connectivity index (χ2n) is 5.59. The number of carbonyl (C=O) groups excluding carboxylic acids is 2. The van der Waals surface area contributed by atoms with Gasteiger partial charge in [-0.25, -0.2) is 0 Å². The van der Waals surface area contributed by atoms with Gasteiger partial charge in [0, 0.05) is 18.9 Å². The van der Waals surface area contributed by atoms with E-state index >= 15 is 0 Å². The fourth-order valence-corrected chi connectivity index (χ4v) is 2.41. The second kappa shape index (κ2) is 9.36. The highest BCUT2D eigenvalue weighted by Gasteiger charge is 2.39. The average Bonchev–Trinajstić information content (AvgIpc) is 2.50. The van der Waals surface area contributed by atoms with Gasteiger partial charge in [0.05, 0.1) is 0 Å². The molecule has 0 amide bonds. The van der Waals surface area contributed by atoms with Gasteiger partial charge >= 0.3 is 5.97 Å². The Morgan fingerprint density at radius 1 is 1.05 bits per heavy atom. The standard InChI is InChI=1S/C18H26O4/c1-3-4-5-6-7-11-14-18(21,22-15(2)19)17(20)16-12-9-8-10-13-16/h8-10,12-13,21H,3-7,11,14H2,1-2H3. The van der Waals surface area contributed by atoms with Crippen LogP contribution in [0.15, 0.2) is 30.3 Å². The number of ketones is 1. The number of Topliss-reactive ketones (excluding diaryl/α,β-unsaturated/α-hetero) is 1. The van der Waals surface area contributed by atoms with Crippen LogP contribution in [0.25, 0.3) is 0 Å². The van der Waals surface area contributed by atoms with E-state index in [2.05, 4.69) is 6.92 Å². The number of hydrogen-bond donors (Lipinski definition) is 1. The highest BCUT2D eigenvalue weighted by molar-refractivity contribution is 6.02. The fourth-order valence-electron chi connectivity index (χ4n) is 2.41. The number of aliphatic hydroxyl groups is 1. The van der Waals surface area contributed by atoms with Gasteiger partial charge in [-0.1, -0.05) is 69.4 Å². The lowest BCUT2D eigenvalue weighted by molar-refractivity contribution is -0.189. The third-order valence-electron chi connectivity index (χ3n) is 3.57. The lowest BCUT2D eigenvalue weighted by Gasteiger charge is -2.26. The van der Waals surface area contributed by atoms with Crippen LogP contribution < -0.4 is 0 Å². The van der Waals surface area contributed by atoms with E-state index in [0.29, 0.717) is 12.0 Å². The minimum absolute atomic E-state index is 0.131. The number of rotatable bonds is 10.